The molecule has 0 fully saturated rings. The average Bonchev–Trinajstić information content (AvgIpc) is 1.86. The molecule has 0 aromatic carbocycles. The first kappa shape index (κ1) is 10.9. The van der Waals surface area contributed by atoms with Gasteiger partial charge in [0.2, 0.25) is 0 Å². The van der Waals surface area contributed by atoms with Crippen LogP contribution in [0.5, 0.6) is 0 Å². The summed E-state index contributed by atoms with van der Waals surface area (Å²) in [4.78, 5) is 0. The van der Waals surface area contributed by atoms with E-state index in [4.69, 9.17) is 14.9 Å². The van der Waals surface area contributed by atoms with Crippen molar-refractivity contribution in [2.45, 2.75) is 39.6 Å². The van der Waals surface area contributed by atoms with Crippen molar-refractivity contribution < 1.29 is 14.9 Å². The van der Waals surface area contributed by atoms with E-state index in [2.05, 4.69) is 13.8 Å². The summed E-state index contributed by atoms with van der Waals surface area (Å²) < 4.78 is 4.92. The van der Waals surface area contributed by atoms with Crippen LogP contribution in [0.2, 0.25) is 0 Å². The quantitative estimate of drug-likeness (QED) is 0.586. The lowest BCUT2D eigenvalue weighted by molar-refractivity contribution is -0.157. The van der Waals surface area contributed by atoms with Gasteiger partial charge in [-0.05, 0) is 19.3 Å². The normalized spacial score (nSPS) is 16.9. The van der Waals surface area contributed by atoms with E-state index in [1.165, 1.54) is 6.92 Å². The van der Waals surface area contributed by atoms with Crippen LogP contribution < -0.4 is 0 Å². The Labute approximate surface area is 68.0 Å². The van der Waals surface area contributed by atoms with Crippen LogP contribution in [0.25, 0.3) is 0 Å². The number of aliphatic hydroxyl groups excluding tert-OH is 2. The molecule has 2 N–H and O–H groups in total. The van der Waals surface area contributed by atoms with Crippen molar-refractivity contribution >= 4 is 0 Å². The van der Waals surface area contributed by atoms with Crippen molar-refractivity contribution in [3.63, 3.8) is 0 Å². The molecule has 68 valence electrons. The fraction of sp³-hybridized carbons (Fsp3) is 1.00. The van der Waals surface area contributed by atoms with Gasteiger partial charge in [0.1, 0.15) is 6.10 Å². The maximum Gasteiger partial charge on any atom is 0.180 e. The molecular weight excluding hydrogens is 144 g/mol. The monoisotopic (exact) mass is 162 g/mol. The summed E-state index contributed by atoms with van der Waals surface area (Å²) in [7, 11) is 0. The molecule has 0 bridgehead atoms. The Hall–Kier alpha value is -0.120. The zero-order chi connectivity index (χ0) is 8.85. The highest BCUT2D eigenvalue weighted by molar-refractivity contribution is 4.50. The van der Waals surface area contributed by atoms with E-state index in [1.807, 2.05) is 0 Å². The average molecular weight is 162 g/mol. The first-order valence-electron chi connectivity index (χ1n) is 4.01. The molecule has 0 saturated heterocycles. The fourth-order valence-electron chi connectivity index (χ4n) is 0.564. The van der Waals surface area contributed by atoms with Crippen LogP contribution in [0.15, 0.2) is 0 Å². The molecule has 0 aliphatic rings. The van der Waals surface area contributed by atoms with E-state index in [0.29, 0.717) is 12.5 Å². The number of rotatable bonds is 5. The predicted molar refractivity (Wildman–Crippen MR) is 43.1 cm³/mol. The lowest BCUT2D eigenvalue weighted by atomic mass is 10.1. The molecule has 0 spiro atoms. The van der Waals surface area contributed by atoms with Crippen molar-refractivity contribution in [1.82, 2.24) is 0 Å². The Bertz CT molecular complexity index is 91.3. The van der Waals surface area contributed by atoms with Crippen LogP contribution in [-0.2, 0) is 4.74 Å². The van der Waals surface area contributed by atoms with Crippen LogP contribution in [0.1, 0.15) is 27.2 Å². The Kier molecular flexibility index (Phi) is 5.46. The van der Waals surface area contributed by atoms with E-state index < -0.39 is 12.4 Å². The molecule has 0 aliphatic carbocycles. The van der Waals surface area contributed by atoms with Gasteiger partial charge in [0, 0.05) is 0 Å². The van der Waals surface area contributed by atoms with E-state index in [9.17, 15) is 0 Å². The third-order valence-electron chi connectivity index (χ3n) is 1.40. The maximum absolute atomic E-state index is 8.97. The van der Waals surface area contributed by atoms with E-state index in [1.54, 1.807) is 0 Å². The van der Waals surface area contributed by atoms with Crippen molar-refractivity contribution in [1.29, 1.82) is 0 Å². The lowest BCUT2D eigenvalue weighted by Gasteiger charge is -2.14. The minimum Gasteiger partial charge on any atom is -0.388 e. The Morgan fingerprint density at radius 3 is 2.09 bits per heavy atom. The first-order chi connectivity index (χ1) is 5.04. The third-order valence-corrected chi connectivity index (χ3v) is 1.40. The molecule has 3 nitrogen and oxygen atoms in total. The van der Waals surface area contributed by atoms with Crippen molar-refractivity contribution in [2.75, 3.05) is 6.61 Å². The van der Waals surface area contributed by atoms with Crippen molar-refractivity contribution in [2.24, 2.45) is 5.92 Å². The van der Waals surface area contributed by atoms with Crippen LogP contribution in [0.3, 0.4) is 0 Å². The van der Waals surface area contributed by atoms with Crippen molar-refractivity contribution in [3.8, 4) is 0 Å². The van der Waals surface area contributed by atoms with Gasteiger partial charge >= 0.3 is 0 Å². The van der Waals surface area contributed by atoms with Gasteiger partial charge in [0.05, 0.1) is 6.61 Å². The van der Waals surface area contributed by atoms with Gasteiger partial charge in [0.15, 0.2) is 6.29 Å². The number of hydrogen-bond acceptors (Lipinski definition) is 3. The molecule has 2 atom stereocenters. The topological polar surface area (TPSA) is 49.7 Å². The zero-order valence-electron chi connectivity index (χ0n) is 7.45. The van der Waals surface area contributed by atoms with Crippen LogP contribution >= 0.6 is 0 Å². The molecule has 3 heteroatoms. The van der Waals surface area contributed by atoms with Gasteiger partial charge in [-0.25, -0.2) is 0 Å². The molecule has 2 unspecified atom stereocenters. The minimum absolute atomic E-state index is 0.504. The summed E-state index contributed by atoms with van der Waals surface area (Å²) in [5.41, 5.74) is 0. The Morgan fingerprint density at radius 1 is 1.18 bits per heavy atom. The first-order valence-corrected chi connectivity index (χ1v) is 4.01. The van der Waals surface area contributed by atoms with E-state index in [-0.39, 0.29) is 0 Å². The second-order valence-corrected chi connectivity index (χ2v) is 3.18. The summed E-state index contributed by atoms with van der Waals surface area (Å²) >= 11 is 0. The molecule has 0 aromatic rings. The lowest BCUT2D eigenvalue weighted by Crippen LogP contribution is -2.26. The molecule has 11 heavy (non-hydrogen) atoms. The van der Waals surface area contributed by atoms with Gasteiger partial charge in [-0.1, -0.05) is 13.8 Å². The highest BCUT2D eigenvalue weighted by Gasteiger charge is 2.10. The Balaban J connectivity index is 3.24. The van der Waals surface area contributed by atoms with Gasteiger partial charge in [-0.2, -0.15) is 0 Å². The van der Waals surface area contributed by atoms with E-state index in [0.717, 1.165) is 6.42 Å². The molecule has 0 heterocycles. The predicted octanol–water partition coefficient (Wildman–Crippen LogP) is 0.748. The highest BCUT2D eigenvalue weighted by atomic mass is 16.6. The molecule has 0 radical (unpaired) electrons. The largest absolute Gasteiger partial charge is 0.388 e. The SMILES string of the molecule is CC(C)CCOC(O)C(C)O. The highest BCUT2D eigenvalue weighted by Crippen LogP contribution is 2.01. The Morgan fingerprint density at radius 2 is 1.73 bits per heavy atom. The summed E-state index contributed by atoms with van der Waals surface area (Å²) in [5, 5.41) is 17.8. The van der Waals surface area contributed by atoms with E-state index >= 15 is 0 Å². The molecule has 0 aromatic heterocycles. The van der Waals surface area contributed by atoms with Crippen LogP contribution in [0.4, 0.5) is 0 Å². The standard InChI is InChI=1S/C8H18O3/c1-6(2)4-5-11-8(10)7(3)9/h6-10H,4-5H2,1-3H3. The molecule has 0 aliphatic heterocycles. The summed E-state index contributed by atoms with van der Waals surface area (Å²) in [5.74, 6) is 0.566. The van der Waals surface area contributed by atoms with Crippen LogP contribution in [-0.4, -0.2) is 29.2 Å². The van der Waals surface area contributed by atoms with Crippen LogP contribution in [0, 0.1) is 5.92 Å². The second kappa shape index (κ2) is 5.52. The zero-order valence-corrected chi connectivity index (χ0v) is 7.45. The van der Waals surface area contributed by atoms with Gasteiger partial charge in [0.25, 0.3) is 0 Å². The summed E-state index contributed by atoms with van der Waals surface area (Å²) in [6.07, 6.45) is -0.931. The minimum atomic E-state index is -1.03. The van der Waals surface area contributed by atoms with Gasteiger partial charge in [-0.15, -0.1) is 0 Å². The molecular formula is C8H18O3. The van der Waals surface area contributed by atoms with Gasteiger partial charge in [-0.3, -0.25) is 0 Å². The van der Waals surface area contributed by atoms with Crippen molar-refractivity contribution in [3.05, 3.63) is 0 Å². The number of ether oxygens (including phenoxy) is 1. The van der Waals surface area contributed by atoms with Gasteiger partial charge < -0.3 is 14.9 Å². The molecule has 0 rings (SSSR count). The second-order valence-electron chi connectivity index (χ2n) is 3.18. The maximum atomic E-state index is 8.97. The smallest absolute Gasteiger partial charge is 0.180 e. The summed E-state index contributed by atoms with van der Waals surface area (Å²) in [6.45, 7) is 6.17. The fourth-order valence-corrected chi connectivity index (χ4v) is 0.564. The number of aliphatic hydroxyl groups is 2. The number of hydrogen-bond donors (Lipinski definition) is 2. The molecule has 0 saturated carbocycles. The molecule has 0 amide bonds. The third kappa shape index (κ3) is 6.28. The summed E-state index contributed by atoms with van der Waals surface area (Å²) in [6, 6.07) is 0.